The van der Waals surface area contributed by atoms with E-state index < -0.39 is 17.8 Å². The van der Waals surface area contributed by atoms with Gasteiger partial charge in [-0.25, -0.2) is 4.68 Å². The minimum Gasteiger partial charge on any atom is -0.481 e. The summed E-state index contributed by atoms with van der Waals surface area (Å²) >= 11 is 0. The highest BCUT2D eigenvalue weighted by molar-refractivity contribution is 5.92. The normalized spacial score (nSPS) is 12.0. The molecule has 2 aromatic rings. The first-order valence-corrected chi connectivity index (χ1v) is 8.50. The zero-order valence-electron chi connectivity index (χ0n) is 14.9. The van der Waals surface area contributed by atoms with Gasteiger partial charge in [-0.15, -0.1) is 0 Å². The Morgan fingerprint density at radius 2 is 1.85 bits per heavy atom. The molecule has 0 saturated heterocycles. The molecule has 0 aliphatic rings. The highest BCUT2D eigenvalue weighted by atomic mass is 16.4. The average molecular weight is 357 g/mol. The van der Waals surface area contributed by atoms with Gasteiger partial charge in [0.05, 0.1) is 12.5 Å². The van der Waals surface area contributed by atoms with Crippen LogP contribution in [0.4, 0.5) is 0 Å². The van der Waals surface area contributed by atoms with Crippen LogP contribution in [-0.4, -0.2) is 33.3 Å². The number of rotatable bonds is 8. The second kappa shape index (κ2) is 8.94. The number of amides is 1. The van der Waals surface area contributed by atoms with Crippen molar-refractivity contribution < 1.29 is 14.7 Å². The highest BCUT2D eigenvalue weighted by Crippen LogP contribution is 2.11. The van der Waals surface area contributed by atoms with Crippen LogP contribution >= 0.6 is 0 Å². The Kier molecular flexibility index (Phi) is 6.66. The van der Waals surface area contributed by atoms with Gasteiger partial charge in [-0.05, 0) is 24.0 Å². The minimum absolute atomic E-state index is 0.0197. The van der Waals surface area contributed by atoms with Crippen LogP contribution in [0.15, 0.2) is 47.3 Å². The van der Waals surface area contributed by atoms with E-state index in [-0.39, 0.29) is 30.3 Å². The van der Waals surface area contributed by atoms with E-state index in [4.69, 9.17) is 0 Å². The van der Waals surface area contributed by atoms with E-state index in [0.29, 0.717) is 6.42 Å². The lowest BCUT2D eigenvalue weighted by molar-refractivity contribution is -0.142. The molecule has 0 radical (unpaired) electrons. The SMILES string of the molecule is CC(C)CC(CNC(=O)c1ccc(=O)n(Cc2ccccc2)n1)C(=O)O. The molecule has 0 aliphatic carbocycles. The Balaban J connectivity index is 2.08. The molecule has 2 rings (SSSR count). The van der Waals surface area contributed by atoms with E-state index in [9.17, 15) is 19.5 Å². The van der Waals surface area contributed by atoms with Gasteiger partial charge in [-0.2, -0.15) is 5.10 Å². The number of carbonyl (C=O) groups is 2. The largest absolute Gasteiger partial charge is 0.481 e. The summed E-state index contributed by atoms with van der Waals surface area (Å²) in [6.07, 6.45) is 0.469. The van der Waals surface area contributed by atoms with Crippen molar-refractivity contribution in [1.29, 1.82) is 0 Å². The van der Waals surface area contributed by atoms with Crippen LogP contribution in [0.3, 0.4) is 0 Å². The number of hydrogen-bond donors (Lipinski definition) is 2. The van der Waals surface area contributed by atoms with Gasteiger partial charge in [0.2, 0.25) is 0 Å². The molecule has 26 heavy (non-hydrogen) atoms. The van der Waals surface area contributed by atoms with Gasteiger partial charge in [0.1, 0.15) is 5.69 Å². The quantitative estimate of drug-likeness (QED) is 0.750. The number of hydrogen-bond acceptors (Lipinski definition) is 4. The number of carboxylic acid groups (broad SMARTS) is 1. The fourth-order valence-corrected chi connectivity index (χ4v) is 2.59. The second-order valence-corrected chi connectivity index (χ2v) is 6.57. The first kappa shape index (κ1) is 19.4. The third kappa shape index (κ3) is 5.54. The van der Waals surface area contributed by atoms with Gasteiger partial charge in [0.15, 0.2) is 0 Å². The van der Waals surface area contributed by atoms with Gasteiger partial charge in [-0.3, -0.25) is 14.4 Å². The van der Waals surface area contributed by atoms with Crippen molar-refractivity contribution in [2.45, 2.75) is 26.8 Å². The van der Waals surface area contributed by atoms with Crippen molar-refractivity contribution in [2.24, 2.45) is 11.8 Å². The lowest BCUT2D eigenvalue weighted by Crippen LogP contribution is -2.35. The van der Waals surface area contributed by atoms with Crippen LogP contribution in [0.1, 0.15) is 36.3 Å². The Morgan fingerprint density at radius 1 is 1.15 bits per heavy atom. The maximum Gasteiger partial charge on any atom is 0.308 e. The van der Waals surface area contributed by atoms with E-state index in [1.54, 1.807) is 0 Å². The summed E-state index contributed by atoms with van der Waals surface area (Å²) in [6, 6.07) is 12.0. The number of carbonyl (C=O) groups excluding carboxylic acids is 1. The smallest absolute Gasteiger partial charge is 0.308 e. The number of benzene rings is 1. The van der Waals surface area contributed by atoms with Crippen molar-refractivity contribution in [1.82, 2.24) is 15.1 Å². The third-order valence-corrected chi connectivity index (χ3v) is 3.89. The average Bonchev–Trinajstić information content (AvgIpc) is 2.60. The molecule has 0 aliphatic heterocycles. The molecule has 1 aromatic heterocycles. The Morgan fingerprint density at radius 3 is 2.46 bits per heavy atom. The predicted octanol–water partition coefficient (Wildman–Crippen LogP) is 1.77. The Bertz CT molecular complexity index is 815. The van der Waals surface area contributed by atoms with Crippen LogP contribution in [0, 0.1) is 11.8 Å². The van der Waals surface area contributed by atoms with Crippen molar-refractivity contribution in [3.8, 4) is 0 Å². The molecule has 0 saturated carbocycles. The van der Waals surface area contributed by atoms with E-state index in [1.807, 2.05) is 44.2 Å². The molecule has 7 nitrogen and oxygen atoms in total. The maximum absolute atomic E-state index is 12.3. The van der Waals surface area contributed by atoms with Crippen LogP contribution < -0.4 is 10.9 Å². The van der Waals surface area contributed by atoms with Crippen LogP contribution in [0.5, 0.6) is 0 Å². The van der Waals surface area contributed by atoms with Gasteiger partial charge in [-0.1, -0.05) is 44.2 Å². The number of nitrogens with one attached hydrogen (secondary N) is 1. The van der Waals surface area contributed by atoms with Crippen LogP contribution in [0.2, 0.25) is 0 Å². The van der Waals surface area contributed by atoms with E-state index in [1.165, 1.54) is 16.8 Å². The Hall–Kier alpha value is -2.96. The summed E-state index contributed by atoms with van der Waals surface area (Å²) in [5.74, 6) is -1.89. The Labute approximate surface area is 151 Å². The minimum atomic E-state index is -0.944. The second-order valence-electron chi connectivity index (χ2n) is 6.57. The van der Waals surface area contributed by atoms with Crippen molar-refractivity contribution in [2.75, 3.05) is 6.54 Å². The summed E-state index contributed by atoms with van der Waals surface area (Å²) in [4.78, 5) is 35.5. The number of aromatic nitrogens is 2. The lowest BCUT2D eigenvalue weighted by atomic mass is 9.97. The summed E-state index contributed by atoms with van der Waals surface area (Å²) in [5.41, 5.74) is 0.658. The molecule has 138 valence electrons. The number of aliphatic carboxylic acids is 1. The molecule has 1 atom stereocenters. The van der Waals surface area contributed by atoms with E-state index in [2.05, 4.69) is 10.4 Å². The highest BCUT2D eigenvalue weighted by Gasteiger charge is 2.20. The third-order valence-electron chi connectivity index (χ3n) is 3.89. The molecular formula is C19H23N3O4. The van der Waals surface area contributed by atoms with Gasteiger partial charge >= 0.3 is 5.97 Å². The summed E-state index contributed by atoms with van der Waals surface area (Å²) in [6.45, 7) is 4.13. The topological polar surface area (TPSA) is 101 Å². The van der Waals surface area contributed by atoms with Crippen molar-refractivity contribution in [3.05, 3.63) is 64.1 Å². The van der Waals surface area contributed by atoms with Crippen molar-refractivity contribution >= 4 is 11.9 Å². The monoisotopic (exact) mass is 357 g/mol. The van der Waals surface area contributed by atoms with E-state index in [0.717, 1.165) is 5.56 Å². The van der Waals surface area contributed by atoms with Gasteiger partial charge < -0.3 is 10.4 Å². The maximum atomic E-state index is 12.3. The first-order valence-electron chi connectivity index (χ1n) is 8.50. The molecule has 1 amide bonds. The fraction of sp³-hybridized carbons (Fsp3) is 0.368. The molecule has 0 fully saturated rings. The molecule has 2 N–H and O–H groups in total. The summed E-state index contributed by atoms with van der Waals surface area (Å²) < 4.78 is 1.22. The first-order chi connectivity index (χ1) is 12.4. The standard InChI is InChI=1S/C19H23N3O4/c1-13(2)10-15(19(25)26)11-20-18(24)16-8-9-17(23)22(21-16)12-14-6-4-3-5-7-14/h3-9,13,15H,10-12H2,1-2H3,(H,20,24)(H,25,26). The number of carboxylic acids is 1. The molecule has 0 spiro atoms. The fourth-order valence-electron chi connectivity index (χ4n) is 2.59. The van der Waals surface area contributed by atoms with Gasteiger partial charge in [0.25, 0.3) is 11.5 Å². The molecule has 1 aromatic carbocycles. The van der Waals surface area contributed by atoms with Crippen LogP contribution in [0.25, 0.3) is 0 Å². The van der Waals surface area contributed by atoms with Crippen molar-refractivity contribution in [3.63, 3.8) is 0 Å². The molecule has 1 heterocycles. The van der Waals surface area contributed by atoms with E-state index >= 15 is 0 Å². The lowest BCUT2D eigenvalue weighted by Gasteiger charge is -2.15. The predicted molar refractivity (Wildman–Crippen MR) is 97.0 cm³/mol. The van der Waals surface area contributed by atoms with Gasteiger partial charge in [0, 0.05) is 12.6 Å². The summed E-state index contributed by atoms with van der Waals surface area (Å²) in [7, 11) is 0. The molecular weight excluding hydrogens is 334 g/mol. The molecule has 0 bridgehead atoms. The zero-order valence-corrected chi connectivity index (χ0v) is 14.9. The number of nitrogens with zero attached hydrogens (tertiary/aromatic N) is 2. The zero-order chi connectivity index (χ0) is 19.1. The van der Waals surface area contributed by atoms with Crippen LogP contribution in [-0.2, 0) is 11.3 Å². The molecule has 7 heteroatoms. The molecule has 1 unspecified atom stereocenters. The summed E-state index contributed by atoms with van der Waals surface area (Å²) in [5, 5.41) is 15.9.